The van der Waals surface area contributed by atoms with Crippen LogP contribution in [-0.2, 0) is 16.1 Å². The summed E-state index contributed by atoms with van der Waals surface area (Å²) in [5.74, 6) is -0.987. The van der Waals surface area contributed by atoms with Gasteiger partial charge in [-0.2, -0.15) is 5.10 Å². The Balaban J connectivity index is 1.50. The van der Waals surface area contributed by atoms with Gasteiger partial charge in [-0.3, -0.25) is 24.4 Å². The number of fused-ring (bicyclic) bond motifs is 2. The lowest BCUT2D eigenvalue weighted by Gasteiger charge is -2.25. The predicted octanol–water partition coefficient (Wildman–Crippen LogP) is 3.16. The average Bonchev–Trinajstić information content (AvgIpc) is 3.43. The van der Waals surface area contributed by atoms with E-state index >= 15 is 0 Å². The zero-order valence-corrected chi connectivity index (χ0v) is 25.4. The van der Waals surface area contributed by atoms with Gasteiger partial charge >= 0.3 is 0 Å². The molecule has 0 fully saturated rings. The molecular weight excluding hydrogens is 548 g/mol. The van der Waals surface area contributed by atoms with E-state index in [1.54, 1.807) is 18.9 Å². The largest absolute Gasteiger partial charge is 0.508 e. The lowest BCUT2D eigenvalue weighted by atomic mass is 10.00. The van der Waals surface area contributed by atoms with Crippen LogP contribution >= 0.6 is 0 Å². The molecule has 3 aromatic rings. The van der Waals surface area contributed by atoms with Crippen molar-refractivity contribution >= 4 is 17.7 Å². The standard InChI is InChI=1S/C32H42N6O5/c1-21-8-9-22(2)28(14-21)30-25(18-34-36-30)19-38-12-6-5-11-37(4)32(42)23(3)35-29(40)20-43-27-16-24(15-26(39)17-27)31(41)33-10-7-13-38/h8-9,14-18,23,39H,5-7,10-13,19-20H2,1-4H3,(H,33,41)(H,34,36)(H,35,40)/t23-/m0/s1. The Morgan fingerprint density at radius 3 is 2.60 bits per heavy atom. The first kappa shape index (κ1) is 31.6. The molecule has 11 heteroatoms. The Labute approximate surface area is 252 Å². The smallest absolute Gasteiger partial charge is 0.258 e. The number of hydrogen-bond donors (Lipinski definition) is 4. The summed E-state index contributed by atoms with van der Waals surface area (Å²) in [7, 11) is 1.74. The molecule has 0 saturated carbocycles. The minimum absolute atomic E-state index is 0.152. The molecule has 1 atom stereocenters. The van der Waals surface area contributed by atoms with Crippen LogP contribution in [0.25, 0.3) is 11.3 Å². The fourth-order valence-corrected chi connectivity index (χ4v) is 5.20. The number of carbonyl (C=O) groups is 3. The van der Waals surface area contributed by atoms with Crippen molar-refractivity contribution in [3.63, 3.8) is 0 Å². The van der Waals surface area contributed by atoms with Gasteiger partial charge in [0.1, 0.15) is 17.5 Å². The van der Waals surface area contributed by atoms with E-state index in [1.165, 1.54) is 29.3 Å². The number of amides is 3. The summed E-state index contributed by atoms with van der Waals surface area (Å²) in [5, 5.41) is 23.3. The van der Waals surface area contributed by atoms with Gasteiger partial charge in [-0.1, -0.05) is 17.7 Å². The zero-order valence-electron chi connectivity index (χ0n) is 25.4. The van der Waals surface area contributed by atoms with Crippen LogP contribution in [0.2, 0.25) is 0 Å². The van der Waals surface area contributed by atoms with E-state index in [0.717, 1.165) is 42.8 Å². The molecule has 1 aliphatic rings. The van der Waals surface area contributed by atoms with E-state index in [2.05, 4.69) is 57.8 Å². The number of likely N-dealkylation sites (N-methyl/N-ethyl adjacent to an activating group) is 1. The SMILES string of the molecule is Cc1ccc(C)c(-c2[nH]ncc2CN2CCCCN(C)C(=O)[C@H](C)NC(=O)COc3cc(O)cc(c3)C(=O)NCCC2)c1. The van der Waals surface area contributed by atoms with Crippen LogP contribution in [0.5, 0.6) is 11.5 Å². The minimum atomic E-state index is -0.724. The van der Waals surface area contributed by atoms with Crippen LogP contribution < -0.4 is 15.4 Å². The topological polar surface area (TPSA) is 140 Å². The number of rotatable bonds is 3. The maximum absolute atomic E-state index is 12.9. The van der Waals surface area contributed by atoms with E-state index in [0.29, 0.717) is 26.1 Å². The highest BCUT2D eigenvalue weighted by atomic mass is 16.5. The number of hydrogen-bond acceptors (Lipinski definition) is 7. The number of phenols is 1. The van der Waals surface area contributed by atoms with Crippen molar-refractivity contribution in [2.24, 2.45) is 0 Å². The third-order valence-electron chi connectivity index (χ3n) is 7.58. The summed E-state index contributed by atoms with van der Waals surface area (Å²) in [6, 6.07) is 9.82. The first-order valence-electron chi connectivity index (χ1n) is 14.7. The van der Waals surface area contributed by atoms with Crippen molar-refractivity contribution < 1.29 is 24.2 Å². The van der Waals surface area contributed by atoms with Gasteiger partial charge in [-0.25, -0.2) is 0 Å². The number of aromatic hydroxyl groups is 1. The van der Waals surface area contributed by atoms with E-state index in [-0.39, 0.29) is 35.5 Å². The van der Waals surface area contributed by atoms with Gasteiger partial charge in [-0.15, -0.1) is 0 Å². The summed E-state index contributed by atoms with van der Waals surface area (Å²) >= 11 is 0. The number of aryl methyl sites for hydroxylation is 2. The van der Waals surface area contributed by atoms with Gasteiger partial charge in [0.05, 0.1) is 11.9 Å². The van der Waals surface area contributed by atoms with Crippen molar-refractivity contribution in [3.8, 4) is 22.8 Å². The number of aromatic nitrogens is 2. The van der Waals surface area contributed by atoms with E-state index < -0.39 is 11.9 Å². The monoisotopic (exact) mass is 590 g/mol. The lowest BCUT2D eigenvalue weighted by molar-refractivity contribution is -0.135. The number of carbonyl (C=O) groups excluding carboxylic acids is 3. The average molecular weight is 591 g/mol. The van der Waals surface area contributed by atoms with Gasteiger partial charge in [-0.05, 0) is 70.3 Å². The van der Waals surface area contributed by atoms with E-state index in [9.17, 15) is 19.5 Å². The highest BCUT2D eigenvalue weighted by Gasteiger charge is 2.21. The molecule has 4 rings (SSSR count). The Bertz CT molecular complexity index is 1440. The van der Waals surface area contributed by atoms with Crippen molar-refractivity contribution in [2.45, 2.75) is 52.6 Å². The fourth-order valence-electron chi connectivity index (χ4n) is 5.20. The molecule has 3 amide bonds. The van der Waals surface area contributed by atoms with Gasteiger partial charge in [0, 0.05) is 56.0 Å². The molecule has 0 spiro atoms. The molecule has 1 aromatic heterocycles. The van der Waals surface area contributed by atoms with Gasteiger partial charge in [0.15, 0.2) is 6.61 Å². The summed E-state index contributed by atoms with van der Waals surface area (Å²) < 4.78 is 5.51. The van der Waals surface area contributed by atoms with Crippen LogP contribution in [0.15, 0.2) is 42.6 Å². The van der Waals surface area contributed by atoms with Gasteiger partial charge in [0.25, 0.3) is 11.8 Å². The fraction of sp³-hybridized carbons (Fsp3) is 0.438. The molecule has 230 valence electrons. The first-order valence-corrected chi connectivity index (χ1v) is 14.7. The third kappa shape index (κ3) is 8.81. The van der Waals surface area contributed by atoms with Crippen molar-refractivity contribution in [2.75, 3.05) is 39.8 Å². The molecule has 0 aliphatic carbocycles. The van der Waals surface area contributed by atoms with Crippen LogP contribution in [0.1, 0.15) is 53.2 Å². The van der Waals surface area contributed by atoms with Gasteiger partial charge < -0.3 is 25.4 Å². The molecule has 2 aromatic carbocycles. The molecule has 43 heavy (non-hydrogen) atoms. The second kappa shape index (κ2) is 14.7. The highest BCUT2D eigenvalue weighted by Crippen LogP contribution is 2.27. The predicted molar refractivity (Wildman–Crippen MR) is 164 cm³/mol. The van der Waals surface area contributed by atoms with Crippen LogP contribution in [0.3, 0.4) is 0 Å². The summed E-state index contributed by atoms with van der Waals surface area (Å²) in [5.41, 5.74) is 5.80. The number of aromatic amines is 1. The van der Waals surface area contributed by atoms with Crippen molar-refractivity contribution in [1.82, 2.24) is 30.6 Å². The molecule has 0 radical (unpaired) electrons. The maximum atomic E-state index is 12.9. The molecule has 11 nitrogen and oxygen atoms in total. The molecule has 1 aliphatic heterocycles. The van der Waals surface area contributed by atoms with Crippen molar-refractivity contribution in [3.05, 3.63) is 64.8 Å². The van der Waals surface area contributed by atoms with Crippen LogP contribution in [0, 0.1) is 13.8 Å². The van der Waals surface area contributed by atoms with Crippen LogP contribution in [-0.4, -0.2) is 88.7 Å². The molecule has 4 N–H and O–H groups in total. The van der Waals surface area contributed by atoms with Gasteiger partial charge in [0.2, 0.25) is 5.91 Å². The number of phenolic OH excluding ortho intramolecular Hbond substituents is 1. The lowest BCUT2D eigenvalue weighted by Crippen LogP contribution is -2.47. The Hall–Kier alpha value is -4.38. The van der Waals surface area contributed by atoms with E-state index in [1.807, 2.05) is 6.20 Å². The maximum Gasteiger partial charge on any atom is 0.258 e. The number of H-pyrrole nitrogens is 1. The second-order valence-electron chi connectivity index (χ2n) is 11.2. The minimum Gasteiger partial charge on any atom is -0.508 e. The van der Waals surface area contributed by atoms with E-state index in [4.69, 9.17) is 4.74 Å². The number of nitrogens with zero attached hydrogens (tertiary/aromatic N) is 3. The summed E-state index contributed by atoms with van der Waals surface area (Å²) in [4.78, 5) is 42.1. The number of benzene rings is 2. The zero-order chi connectivity index (χ0) is 30.9. The molecule has 0 saturated heterocycles. The second-order valence-corrected chi connectivity index (χ2v) is 11.2. The molecule has 0 unspecified atom stereocenters. The quantitative estimate of drug-likeness (QED) is 0.367. The molecular formula is C32H42N6O5. The Morgan fingerprint density at radius 1 is 1.02 bits per heavy atom. The summed E-state index contributed by atoms with van der Waals surface area (Å²) in [6.07, 6.45) is 4.24. The number of ether oxygens (including phenoxy) is 1. The molecule has 2 bridgehead atoms. The number of nitrogens with one attached hydrogen (secondary N) is 3. The van der Waals surface area contributed by atoms with Crippen molar-refractivity contribution in [1.29, 1.82) is 0 Å². The third-order valence-corrected chi connectivity index (χ3v) is 7.58. The summed E-state index contributed by atoms with van der Waals surface area (Å²) in [6.45, 7) is 8.66. The van der Waals surface area contributed by atoms with Crippen LogP contribution in [0.4, 0.5) is 0 Å². The highest BCUT2D eigenvalue weighted by molar-refractivity contribution is 5.95. The Morgan fingerprint density at radius 2 is 1.79 bits per heavy atom. The normalized spacial score (nSPS) is 18.5. The molecule has 2 heterocycles. The Kier molecular flexibility index (Phi) is 10.8. The first-order chi connectivity index (χ1) is 20.6.